The van der Waals surface area contributed by atoms with Crippen LogP contribution in [0.25, 0.3) is 0 Å². The maximum Gasteiger partial charge on any atom is 0.316 e. The third-order valence-electron chi connectivity index (χ3n) is 5.73. The third kappa shape index (κ3) is 3.54. The number of ether oxygens (including phenoxy) is 2. The van der Waals surface area contributed by atoms with Gasteiger partial charge >= 0.3 is 5.97 Å². The molecule has 6 nitrogen and oxygen atoms in total. The molecule has 4 rings (SSSR count). The van der Waals surface area contributed by atoms with Crippen molar-refractivity contribution < 1.29 is 19.1 Å². The van der Waals surface area contributed by atoms with E-state index >= 15 is 0 Å². The van der Waals surface area contributed by atoms with Gasteiger partial charge in [0.25, 0.3) is 0 Å². The topological polar surface area (TPSA) is 76.7 Å². The summed E-state index contributed by atoms with van der Waals surface area (Å²) in [5, 5.41) is 6.97. The lowest BCUT2D eigenvalue weighted by Crippen LogP contribution is -2.39. The first kappa shape index (κ1) is 20.0. The molecule has 3 atom stereocenters. The fourth-order valence-corrected chi connectivity index (χ4v) is 4.33. The number of fused-ring (bicyclic) bond motifs is 1. The minimum Gasteiger partial charge on any atom is -0.494 e. The molecule has 0 aromatic heterocycles. The second-order valence-electron chi connectivity index (χ2n) is 7.69. The monoisotopic (exact) mass is 406 g/mol. The highest BCUT2D eigenvalue weighted by Crippen LogP contribution is 2.44. The molecule has 1 aliphatic heterocycles. The molecular formula is C24H26N2O4. The van der Waals surface area contributed by atoms with Gasteiger partial charge < -0.3 is 20.1 Å². The number of anilines is 2. The Balaban J connectivity index is 1.85. The number of ketones is 1. The number of methoxy groups -OCH3 is 1. The minimum atomic E-state index is -0.809. The molecule has 0 fully saturated rings. The maximum absolute atomic E-state index is 13.6. The van der Waals surface area contributed by atoms with Crippen molar-refractivity contribution >= 4 is 23.1 Å². The van der Waals surface area contributed by atoms with E-state index in [1.165, 1.54) is 7.11 Å². The van der Waals surface area contributed by atoms with Crippen LogP contribution in [0.15, 0.2) is 59.8 Å². The largest absolute Gasteiger partial charge is 0.494 e. The molecule has 2 aromatic carbocycles. The number of allylic oxidation sites excluding steroid dienone is 1. The van der Waals surface area contributed by atoms with Crippen LogP contribution in [0.4, 0.5) is 11.4 Å². The first-order valence-electron chi connectivity index (χ1n) is 10.2. The van der Waals surface area contributed by atoms with Gasteiger partial charge in [-0.05, 0) is 49.1 Å². The van der Waals surface area contributed by atoms with E-state index in [2.05, 4.69) is 10.6 Å². The number of esters is 1. The molecule has 0 bridgehead atoms. The Bertz CT molecular complexity index is 1010. The van der Waals surface area contributed by atoms with Gasteiger partial charge in [0, 0.05) is 11.3 Å². The lowest BCUT2D eigenvalue weighted by molar-refractivity contribution is -0.151. The van der Waals surface area contributed by atoms with Gasteiger partial charge in [-0.15, -0.1) is 0 Å². The van der Waals surface area contributed by atoms with E-state index in [9.17, 15) is 9.59 Å². The smallest absolute Gasteiger partial charge is 0.316 e. The van der Waals surface area contributed by atoms with Crippen LogP contribution in [0.5, 0.6) is 5.75 Å². The fraction of sp³-hybridized carbons (Fsp3) is 0.333. The predicted molar refractivity (Wildman–Crippen MR) is 115 cm³/mol. The van der Waals surface area contributed by atoms with E-state index in [1.54, 1.807) is 0 Å². The molecular weight excluding hydrogens is 380 g/mol. The number of hydrogen-bond donors (Lipinski definition) is 2. The zero-order chi connectivity index (χ0) is 21.3. The second-order valence-corrected chi connectivity index (χ2v) is 7.69. The molecule has 0 saturated heterocycles. The summed E-state index contributed by atoms with van der Waals surface area (Å²) in [6, 6.07) is 15.2. The molecule has 3 unspecified atom stereocenters. The molecule has 156 valence electrons. The first-order valence-corrected chi connectivity index (χ1v) is 10.2. The van der Waals surface area contributed by atoms with E-state index in [-0.39, 0.29) is 11.7 Å². The number of carbonyl (C=O) groups excluding carboxylic acids is 2. The summed E-state index contributed by atoms with van der Waals surface area (Å²) in [4.78, 5) is 26.0. The van der Waals surface area contributed by atoms with Crippen LogP contribution in [0.3, 0.4) is 0 Å². The molecule has 6 heteroatoms. The summed E-state index contributed by atoms with van der Waals surface area (Å²) in [6.45, 7) is 4.41. The highest BCUT2D eigenvalue weighted by molar-refractivity contribution is 6.11. The highest BCUT2D eigenvalue weighted by Gasteiger charge is 2.44. The molecule has 0 spiro atoms. The normalized spacial score (nSPS) is 22.8. The van der Waals surface area contributed by atoms with Crippen molar-refractivity contribution in [3.05, 3.63) is 65.4 Å². The SMILES string of the molecule is CCOc1cccc(C2Nc3ccccc3NC3=C2C(=O)C(C(=O)OC)C(C)C3)c1. The van der Waals surface area contributed by atoms with E-state index < -0.39 is 17.9 Å². The molecule has 30 heavy (non-hydrogen) atoms. The van der Waals surface area contributed by atoms with Crippen molar-refractivity contribution in [3.8, 4) is 5.75 Å². The minimum absolute atomic E-state index is 0.156. The summed E-state index contributed by atoms with van der Waals surface area (Å²) in [5.41, 5.74) is 4.13. The van der Waals surface area contributed by atoms with Crippen LogP contribution in [-0.4, -0.2) is 25.5 Å². The number of rotatable bonds is 4. The van der Waals surface area contributed by atoms with Gasteiger partial charge in [0.05, 0.1) is 31.1 Å². The zero-order valence-corrected chi connectivity index (χ0v) is 17.4. The van der Waals surface area contributed by atoms with Crippen molar-refractivity contribution in [1.82, 2.24) is 0 Å². The van der Waals surface area contributed by atoms with Crippen LogP contribution >= 0.6 is 0 Å². The predicted octanol–water partition coefficient (Wildman–Crippen LogP) is 4.32. The Hall–Kier alpha value is -3.28. The summed E-state index contributed by atoms with van der Waals surface area (Å²) < 4.78 is 10.6. The molecule has 2 aliphatic rings. The van der Waals surface area contributed by atoms with E-state index in [1.807, 2.05) is 62.4 Å². The van der Waals surface area contributed by atoms with Gasteiger partial charge in [0.15, 0.2) is 5.78 Å². The number of carbonyl (C=O) groups is 2. The molecule has 2 aromatic rings. The molecule has 0 saturated carbocycles. The van der Waals surface area contributed by atoms with Crippen molar-refractivity contribution in [2.75, 3.05) is 24.4 Å². The summed E-state index contributed by atoms with van der Waals surface area (Å²) in [5.74, 6) is -0.906. The molecule has 2 N–H and O–H groups in total. The lowest BCUT2D eigenvalue weighted by Gasteiger charge is -2.32. The Kier molecular flexibility index (Phi) is 5.48. The highest BCUT2D eigenvalue weighted by atomic mass is 16.5. The molecule has 0 amide bonds. The molecule has 1 aliphatic carbocycles. The Labute approximate surface area is 176 Å². The van der Waals surface area contributed by atoms with Gasteiger partial charge in [0.2, 0.25) is 0 Å². The van der Waals surface area contributed by atoms with E-state index in [0.29, 0.717) is 18.6 Å². The van der Waals surface area contributed by atoms with Crippen LogP contribution in [0.1, 0.15) is 31.9 Å². The number of Topliss-reactive ketones (excluding diaryl/α,β-unsaturated/α-hetero) is 1. The second kappa shape index (κ2) is 8.22. The van der Waals surface area contributed by atoms with Gasteiger partial charge in [-0.25, -0.2) is 0 Å². The summed E-state index contributed by atoms with van der Waals surface area (Å²) in [6.07, 6.45) is 0.582. The first-order chi connectivity index (χ1) is 14.5. The number of nitrogens with one attached hydrogen (secondary N) is 2. The number of hydrogen-bond acceptors (Lipinski definition) is 6. The third-order valence-corrected chi connectivity index (χ3v) is 5.73. The Morgan fingerprint density at radius 2 is 1.90 bits per heavy atom. The van der Waals surface area contributed by atoms with Crippen molar-refractivity contribution in [2.24, 2.45) is 11.8 Å². The summed E-state index contributed by atoms with van der Waals surface area (Å²) >= 11 is 0. The standard InChI is InChI=1S/C24H26N2O4/c1-4-30-16-9-7-8-15(13-16)22-21-19(25-17-10-5-6-11-18(17)26-22)12-14(2)20(23(21)27)24(28)29-3/h5-11,13-14,20,22,25-26H,4,12H2,1-3H3. The molecule has 0 radical (unpaired) electrons. The van der Waals surface area contributed by atoms with Crippen molar-refractivity contribution in [3.63, 3.8) is 0 Å². The average molecular weight is 406 g/mol. The van der Waals surface area contributed by atoms with Gasteiger partial charge in [0.1, 0.15) is 11.7 Å². The van der Waals surface area contributed by atoms with Gasteiger partial charge in [-0.3, -0.25) is 9.59 Å². The zero-order valence-electron chi connectivity index (χ0n) is 17.4. The number of para-hydroxylation sites is 2. The number of benzene rings is 2. The average Bonchev–Trinajstić information content (AvgIpc) is 2.90. The van der Waals surface area contributed by atoms with E-state index in [0.717, 1.165) is 28.4 Å². The van der Waals surface area contributed by atoms with E-state index in [4.69, 9.17) is 9.47 Å². The van der Waals surface area contributed by atoms with Crippen LogP contribution in [0.2, 0.25) is 0 Å². The van der Waals surface area contributed by atoms with Crippen LogP contribution in [0, 0.1) is 11.8 Å². The Morgan fingerprint density at radius 3 is 2.63 bits per heavy atom. The van der Waals surface area contributed by atoms with Crippen LogP contribution < -0.4 is 15.4 Å². The lowest BCUT2D eigenvalue weighted by atomic mass is 9.75. The summed E-state index contributed by atoms with van der Waals surface area (Å²) in [7, 11) is 1.33. The van der Waals surface area contributed by atoms with Gasteiger partial charge in [-0.2, -0.15) is 0 Å². The maximum atomic E-state index is 13.6. The Morgan fingerprint density at radius 1 is 1.13 bits per heavy atom. The van der Waals surface area contributed by atoms with Crippen LogP contribution in [-0.2, 0) is 14.3 Å². The quantitative estimate of drug-likeness (QED) is 0.582. The van der Waals surface area contributed by atoms with Gasteiger partial charge in [-0.1, -0.05) is 31.2 Å². The van der Waals surface area contributed by atoms with Crippen molar-refractivity contribution in [1.29, 1.82) is 0 Å². The van der Waals surface area contributed by atoms with Crippen molar-refractivity contribution in [2.45, 2.75) is 26.3 Å². The fourth-order valence-electron chi connectivity index (χ4n) is 4.33. The molecule has 1 heterocycles.